The second-order valence-electron chi connectivity index (χ2n) is 4.29. The third-order valence-corrected chi connectivity index (χ3v) is 3.94. The zero-order valence-electron chi connectivity index (χ0n) is 9.56. The first-order chi connectivity index (χ1) is 7.77. The van der Waals surface area contributed by atoms with Gasteiger partial charge in [0.15, 0.2) is 0 Å². The van der Waals surface area contributed by atoms with Crippen molar-refractivity contribution in [3.8, 4) is 0 Å². The van der Waals surface area contributed by atoms with Gasteiger partial charge in [-0.1, -0.05) is 6.07 Å². The summed E-state index contributed by atoms with van der Waals surface area (Å²) < 4.78 is 5.53. The van der Waals surface area contributed by atoms with Crippen LogP contribution >= 0.6 is 11.3 Å². The molecule has 2 N–H and O–H groups in total. The van der Waals surface area contributed by atoms with Crippen molar-refractivity contribution in [1.29, 1.82) is 0 Å². The van der Waals surface area contributed by atoms with Crippen LogP contribution in [-0.4, -0.2) is 30.4 Å². The summed E-state index contributed by atoms with van der Waals surface area (Å²) in [5, 5.41) is 15.4. The molecule has 1 saturated heterocycles. The molecule has 1 aliphatic heterocycles. The van der Waals surface area contributed by atoms with Gasteiger partial charge in [0.2, 0.25) is 0 Å². The average Bonchev–Trinajstić information content (AvgIpc) is 2.96. The molecule has 0 aliphatic carbocycles. The smallest absolute Gasteiger partial charge is 0.103 e. The number of hydrogen-bond donors (Lipinski definition) is 2. The summed E-state index contributed by atoms with van der Waals surface area (Å²) in [7, 11) is 0. The van der Waals surface area contributed by atoms with E-state index in [1.165, 1.54) is 0 Å². The molecule has 0 amide bonds. The Balaban J connectivity index is 1.76. The zero-order valence-corrected chi connectivity index (χ0v) is 10.4. The van der Waals surface area contributed by atoms with Crippen LogP contribution in [0.1, 0.15) is 30.7 Å². The van der Waals surface area contributed by atoms with E-state index in [2.05, 4.69) is 5.32 Å². The molecule has 3 unspecified atom stereocenters. The highest BCUT2D eigenvalue weighted by Gasteiger charge is 2.20. The predicted molar refractivity (Wildman–Crippen MR) is 65.7 cm³/mol. The van der Waals surface area contributed by atoms with Crippen LogP contribution in [-0.2, 0) is 4.74 Å². The summed E-state index contributed by atoms with van der Waals surface area (Å²) in [5.74, 6) is 0. The Labute approximate surface area is 100 Å². The topological polar surface area (TPSA) is 41.5 Å². The van der Waals surface area contributed by atoms with Crippen LogP contribution in [0.25, 0.3) is 0 Å². The van der Waals surface area contributed by atoms with Gasteiger partial charge in [0.25, 0.3) is 0 Å². The Kier molecular flexibility index (Phi) is 4.35. The second-order valence-corrected chi connectivity index (χ2v) is 5.27. The Bertz CT molecular complexity index is 296. The van der Waals surface area contributed by atoms with Crippen LogP contribution in [0.4, 0.5) is 0 Å². The fourth-order valence-corrected chi connectivity index (χ4v) is 2.76. The molecule has 1 aliphatic rings. The van der Waals surface area contributed by atoms with E-state index in [9.17, 15) is 5.11 Å². The maximum Gasteiger partial charge on any atom is 0.103 e. The van der Waals surface area contributed by atoms with Crippen molar-refractivity contribution in [2.24, 2.45) is 0 Å². The molecular weight excluding hydrogens is 222 g/mol. The lowest BCUT2D eigenvalue weighted by Crippen LogP contribution is -2.37. The largest absolute Gasteiger partial charge is 0.386 e. The maximum atomic E-state index is 10.1. The first-order valence-corrected chi connectivity index (χ1v) is 6.72. The van der Waals surface area contributed by atoms with Gasteiger partial charge in [0.05, 0.1) is 6.10 Å². The summed E-state index contributed by atoms with van der Waals surface area (Å²) in [6.07, 6.45) is 2.21. The van der Waals surface area contributed by atoms with Crippen molar-refractivity contribution in [2.45, 2.75) is 38.0 Å². The van der Waals surface area contributed by atoms with Gasteiger partial charge in [-0.05, 0) is 31.2 Å². The summed E-state index contributed by atoms with van der Waals surface area (Å²) in [4.78, 5) is 1.02. The van der Waals surface area contributed by atoms with Gasteiger partial charge >= 0.3 is 0 Å². The molecule has 3 atom stereocenters. The highest BCUT2D eigenvalue weighted by Crippen LogP contribution is 2.22. The van der Waals surface area contributed by atoms with E-state index in [4.69, 9.17) is 4.74 Å². The predicted octanol–water partition coefficient (Wildman–Crippen LogP) is 1.94. The molecule has 0 saturated carbocycles. The minimum Gasteiger partial charge on any atom is -0.386 e. The van der Waals surface area contributed by atoms with Gasteiger partial charge < -0.3 is 15.2 Å². The molecule has 2 rings (SSSR count). The van der Waals surface area contributed by atoms with Crippen molar-refractivity contribution >= 4 is 11.3 Å². The SMILES string of the molecule is CC(NCC1CCCO1)C(O)c1cccs1. The summed E-state index contributed by atoms with van der Waals surface area (Å²) in [6, 6.07) is 4.01. The van der Waals surface area contributed by atoms with Crippen molar-refractivity contribution in [2.75, 3.05) is 13.2 Å². The van der Waals surface area contributed by atoms with Crippen molar-refractivity contribution < 1.29 is 9.84 Å². The molecule has 0 bridgehead atoms. The van der Waals surface area contributed by atoms with Gasteiger partial charge in [-0.25, -0.2) is 0 Å². The first-order valence-electron chi connectivity index (χ1n) is 5.84. The van der Waals surface area contributed by atoms with Gasteiger partial charge in [-0.3, -0.25) is 0 Å². The van der Waals surface area contributed by atoms with Gasteiger partial charge in [0, 0.05) is 24.1 Å². The molecule has 2 heterocycles. The maximum absolute atomic E-state index is 10.1. The fraction of sp³-hybridized carbons (Fsp3) is 0.667. The molecule has 3 nitrogen and oxygen atoms in total. The van der Waals surface area contributed by atoms with E-state index in [-0.39, 0.29) is 6.04 Å². The lowest BCUT2D eigenvalue weighted by molar-refractivity contribution is 0.0920. The number of ether oxygens (including phenoxy) is 1. The zero-order chi connectivity index (χ0) is 11.4. The third-order valence-electron chi connectivity index (χ3n) is 3.00. The van der Waals surface area contributed by atoms with E-state index in [1.807, 2.05) is 24.4 Å². The minimum absolute atomic E-state index is 0.0721. The number of aliphatic hydroxyl groups excluding tert-OH is 1. The number of thiophene rings is 1. The average molecular weight is 241 g/mol. The molecule has 0 spiro atoms. The summed E-state index contributed by atoms with van der Waals surface area (Å²) in [5.41, 5.74) is 0. The molecule has 0 radical (unpaired) electrons. The molecular formula is C12H19NO2S. The van der Waals surface area contributed by atoms with Crippen LogP contribution in [0, 0.1) is 0 Å². The Hall–Kier alpha value is -0.420. The van der Waals surface area contributed by atoms with Crippen molar-refractivity contribution in [3.63, 3.8) is 0 Å². The highest BCUT2D eigenvalue weighted by atomic mass is 32.1. The number of aliphatic hydroxyl groups is 1. The molecule has 90 valence electrons. The van der Waals surface area contributed by atoms with E-state index in [0.29, 0.717) is 6.10 Å². The standard InChI is InChI=1S/C12H19NO2S/c1-9(12(14)11-5-3-7-16-11)13-8-10-4-2-6-15-10/h3,5,7,9-10,12-14H,2,4,6,8H2,1H3. The monoisotopic (exact) mass is 241 g/mol. The normalized spacial score (nSPS) is 24.5. The second kappa shape index (κ2) is 5.77. The first kappa shape index (κ1) is 12.0. The van der Waals surface area contributed by atoms with Crippen LogP contribution in [0.15, 0.2) is 17.5 Å². The Morgan fingerprint density at radius 1 is 1.69 bits per heavy atom. The van der Waals surface area contributed by atoms with Gasteiger partial charge in [0.1, 0.15) is 6.10 Å². The van der Waals surface area contributed by atoms with Gasteiger partial charge in [-0.15, -0.1) is 11.3 Å². The lowest BCUT2D eigenvalue weighted by atomic mass is 10.1. The number of hydrogen-bond acceptors (Lipinski definition) is 4. The number of rotatable bonds is 5. The van der Waals surface area contributed by atoms with Gasteiger partial charge in [-0.2, -0.15) is 0 Å². The minimum atomic E-state index is -0.415. The van der Waals surface area contributed by atoms with Crippen LogP contribution in [0.5, 0.6) is 0 Å². The fourth-order valence-electron chi connectivity index (χ4n) is 1.94. The molecule has 4 heteroatoms. The third kappa shape index (κ3) is 3.04. The van der Waals surface area contributed by atoms with E-state index in [0.717, 1.165) is 30.9 Å². The van der Waals surface area contributed by atoms with Crippen molar-refractivity contribution in [1.82, 2.24) is 5.32 Å². The molecule has 1 aromatic rings. The lowest BCUT2D eigenvalue weighted by Gasteiger charge is -2.21. The summed E-state index contributed by atoms with van der Waals surface area (Å²) >= 11 is 1.60. The Morgan fingerprint density at radius 2 is 2.56 bits per heavy atom. The molecule has 0 aromatic carbocycles. The summed E-state index contributed by atoms with van der Waals surface area (Å²) in [6.45, 7) is 3.73. The molecule has 16 heavy (non-hydrogen) atoms. The van der Waals surface area contributed by atoms with E-state index in [1.54, 1.807) is 11.3 Å². The van der Waals surface area contributed by atoms with Crippen LogP contribution in [0.3, 0.4) is 0 Å². The van der Waals surface area contributed by atoms with Crippen molar-refractivity contribution in [3.05, 3.63) is 22.4 Å². The quantitative estimate of drug-likeness (QED) is 0.828. The van der Waals surface area contributed by atoms with E-state index >= 15 is 0 Å². The Morgan fingerprint density at radius 3 is 3.19 bits per heavy atom. The van der Waals surface area contributed by atoms with Crippen LogP contribution in [0.2, 0.25) is 0 Å². The number of nitrogens with one attached hydrogen (secondary N) is 1. The molecule has 1 aromatic heterocycles. The highest BCUT2D eigenvalue weighted by molar-refractivity contribution is 7.10. The van der Waals surface area contributed by atoms with Crippen LogP contribution < -0.4 is 5.32 Å². The molecule has 1 fully saturated rings. The van der Waals surface area contributed by atoms with E-state index < -0.39 is 6.10 Å².